The Kier molecular flexibility index (Phi) is 7.09. The lowest BCUT2D eigenvalue weighted by molar-refractivity contribution is -0.124. The van der Waals surface area contributed by atoms with Crippen molar-refractivity contribution >= 4 is 46.1 Å². The van der Waals surface area contributed by atoms with E-state index in [1.165, 1.54) is 0 Å². The molecule has 5 rings (SSSR count). The summed E-state index contributed by atoms with van der Waals surface area (Å²) in [6.07, 6.45) is 4.48. The Hall–Kier alpha value is -2.46. The van der Waals surface area contributed by atoms with E-state index < -0.39 is 0 Å². The van der Waals surface area contributed by atoms with Crippen LogP contribution in [0.25, 0.3) is 11.2 Å². The van der Waals surface area contributed by atoms with Crippen LogP contribution < -0.4 is 10.6 Å². The molecule has 4 heterocycles. The molecule has 11 heteroatoms. The summed E-state index contributed by atoms with van der Waals surface area (Å²) in [7, 11) is 0. The first kappa shape index (κ1) is 25.2. The van der Waals surface area contributed by atoms with E-state index in [9.17, 15) is 9.90 Å². The van der Waals surface area contributed by atoms with Crippen molar-refractivity contribution in [2.45, 2.75) is 51.2 Å². The second kappa shape index (κ2) is 10.1. The zero-order valence-electron chi connectivity index (χ0n) is 20.4. The van der Waals surface area contributed by atoms with E-state index in [-0.39, 0.29) is 36.6 Å². The number of hydrogen-bond donors (Lipinski definition) is 2. The third kappa shape index (κ3) is 4.53. The third-order valence-electron chi connectivity index (χ3n) is 7.66. The molecule has 0 aliphatic carbocycles. The largest absolute Gasteiger partial charge is 0.395 e. The molecule has 2 aromatic heterocycles. The Morgan fingerprint density at radius 3 is 2.81 bits per heavy atom. The van der Waals surface area contributed by atoms with E-state index >= 15 is 0 Å². The maximum absolute atomic E-state index is 12.5. The van der Waals surface area contributed by atoms with Gasteiger partial charge < -0.3 is 15.7 Å². The minimum absolute atomic E-state index is 0.0231. The number of hydrogen-bond acceptors (Lipinski definition) is 7. The van der Waals surface area contributed by atoms with Gasteiger partial charge in [0.1, 0.15) is 11.3 Å². The second-order valence-corrected chi connectivity index (χ2v) is 10.6. The number of nitrogens with two attached hydrogens (primary N) is 1. The van der Waals surface area contributed by atoms with Gasteiger partial charge in [0.25, 0.3) is 0 Å². The average molecular weight is 532 g/mol. The summed E-state index contributed by atoms with van der Waals surface area (Å²) in [4.78, 5) is 26.5. The Bertz CT molecular complexity index is 1280. The molecular formula is C25H31Cl2N7O2. The van der Waals surface area contributed by atoms with Crippen molar-refractivity contribution in [3.8, 4) is 0 Å². The molecule has 0 spiro atoms. The van der Waals surface area contributed by atoms with Crippen molar-refractivity contribution in [2.75, 3.05) is 31.1 Å². The summed E-state index contributed by atoms with van der Waals surface area (Å²) < 4.78 is 1.84. The van der Waals surface area contributed by atoms with Crippen LogP contribution in [0.15, 0.2) is 24.4 Å². The van der Waals surface area contributed by atoms with Gasteiger partial charge in [-0.1, -0.05) is 29.3 Å². The first-order valence-corrected chi connectivity index (χ1v) is 13.1. The average Bonchev–Trinajstić information content (AvgIpc) is 3.47. The lowest BCUT2D eigenvalue weighted by Gasteiger charge is -2.43. The summed E-state index contributed by atoms with van der Waals surface area (Å²) in [5, 5.41) is 15.7. The van der Waals surface area contributed by atoms with Gasteiger partial charge in [0.05, 0.1) is 30.5 Å². The van der Waals surface area contributed by atoms with E-state index in [0.717, 1.165) is 49.1 Å². The maximum Gasteiger partial charge on any atom is 0.223 e. The van der Waals surface area contributed by atoms with Gasteiger partial charge in [-0.05, 0) is 57.4 Å². The summed E-state index contributed by atoms with van der Waals surface area (Å²) in [5.41, 5.74) is 8.91. The van der Waals surface area contributed by atoms with Crippen LogP contribution >= 0.6 is 23.2 Å². The van der Waals surface area contributed by atoms with E-state index in [0.29, 0.717) is 28.1 Å². The molecular weight excluding hydrogens is 501 g/mol. The minimum Gasteiger partial charge on any atom is -0.395 e. The molecule has 9 nitrogen and oxygen atoms in total. The molecule has 0 saturated carbocycles. The number of halogens is 2. The number of rotatable bonds is 6. The molecule has 1 amide bonds. The highest BCUT2D eigenvalue weighted by atomic mass is 35.5. The fourth-order valence-electron chi connectivity index (χ4n) is 5.75. The summed E-state index contributed by atoms with van der Waals surface area (Å²) in [6, 6.07) is 5.36. The number of aliphatic hydroxyl groups excluding tert-OH is 1. The van der Waals surface area contributed by atoms with E-state index in [2.05, 4.69) is 14.8 Å². The quantitative estimate of drug-likeness (QED) is 0.501. The fourth-order valence-corrected chi connectivity index (χ4v) is 6.32. The SMILES string of the molecule is Cc1nn([C@H](C)c2ccc(Cl)cc2Cl)c2nc(N3CCC(N4CCCC4CO)[C@H](C(N)=O)C3)cnc12. The summed E-state index contributed by atoms with van der Waals surface area (Å²) >= 11 is 12.6. The molecule has 1 aromatic carbocycles. The van der Waals surface area contributed by atoms with Crippen LogP contribution in [0, 0.1) is 12.8 Å². The topological polar surface area (TPSA) is 113 Å². The molecule has 2 saturated heterocycles. The number of aliphatic hydroxyl groups is 1. The fraction of sp³-hybridized carbons (Fsp3) is 0.520. The summed E-state index contributed by atoms with van der Waals surface area (Å²) in [6.45, 7) is 6.08. The van der Waals surface area contributed by atoms with Crippen LogP contribution in [-0.2, 0) is 4.79 Å². The highest BCUT2D eigenvalue weighted by Crippen LogP contribution is 2.33. The van der Waals surface area contributed by atoms with Gasteiger partial charge in [-0.3, -0.25) is 9.69 Å². The monoisotopic (exact) mass is 531 g/mol. The maximum atomic E-state index is 12.5. The Morgan fingerprint density at radius 1 is 1.28 bits per heavy atom. The number of amides is 1. The predicted octanol–water partition coefficient (Wildman–Crippen LogP) is 3.19. The lowest BCUT2D eigenvalue weighted by atomic mass is 9.89. The zero-order chi connectivity index (χ0) is 25.6. The van der Waals surface area contributed by atoms with Gasteiger partial charge >= 0.3 is 0 Å². The molecule has 3 aromatic rings. The molecule has 3 N–H and O–H groups in total. The molecule has 2 aliphatic heterocycles. The number of carbonyl (C=O) groups excluding carboxylic acids is 1. The number of primary amides is 1. The number of aromatic nitrogens is 4. The number of aryl methyl sites for hydroxylation is 1. The van der Waals surface area contributed by atoms with Crippen molar-refractivity contribution in [1.29, 1.82) is 0 Å². The zero-order valence-corrected chi connectivity index (χ0v) is 22.0. The van der Waals surface area contributed by atoms with Gasteiger partial charge in [-0.25, -0.2) is 14.6 Å². The van der Waals surface area contributed by atoms with Crippen molar-refractivity contribution in [1.82, 2.24) is 24.6 Å². The molecule has 0 radical (unpaired) electrons. The first-order chi connectivity index (χ1) is 17.3. The molecule has 192 valence electrons. The predicted molar refractivity (Wildman–Crippen MR) is 140 cm³/mol. The molecule has 2 unspecified atom stereocenters. The minimum atomic E-state index is -0.359. The normalized spacial score (nSPS) is 23.9. The first-order valence-electron chi connectivity index (χ1n) is 12.4. The number of carbonyl (C=O) groups is 1. The van der Waals surface area contributed by atoms with Gasteiger partial charge in [-0.2, -0.15) is 5.10 Å². The van der Waals surface area contributed by atoms with Crippen molar-refractivity contribution in [3.63, 3.8) is 0 Å². The smallest absolute Gasteiger partial charge is 0.223 e. The highest BCUT2D eigenvalue weighted by molar-refractivity contribution is 6.35. The number of anilines is 1. The summed E-state index contributed by atoms with van der Waals surface area (Å²) in [5.74, 6) is -0.000981. The third-order valence-corrected chi connectivity index (χ3v) is 8.23. The number of fused-ring (bicyclic) bond motifs is 1. The van der Waals surface area contributed by atoms with Crippen LogP contribution in [-0.4, -0.2) is 74.0 Å². The van der Waals surface area contributed by atoms with E-state index in [1.54, 1.807) is 12.3 Å². The van der Waals surface area contributed by atoms with Crippen LogP contribution in [0.2, 0.25) is 10.0 Å². The number of nitrogens with zero attached hydrogens (tertiary/aromatic N) is 6. The molecule has 2 aliphatic rings. The lowest BCUT2D eigenvalue weighted by Crippen LogP contribution is -2.57. The second-order valence-electron chi connectivity index (χ2n) is 9.80. The van der Waals surface area contributed by atoms with Gasteiger partial charge in [0, 0.05) is 35.2 Å². The Labute approximate surface area is 220 Å². The highest BCUT2D eigenvalue weighted by Gasteiger charge is 2.41. The van der Waals surface area contributed by atoms with E-state index in [1.807, 2.05) is 30.7 Å². The van der Waals surface area contributed by atoms with Crippen molar-refractivity contribution in [3.05, 3.63) is 45.7 Å². The standard InChI is InChI=1S/C25H31Cl2N7O2/c1-14-23-25(34(31-14)15(2)18-6-5-16(26)10-20(18)27)30-22(11-29-23)32-9-7-21(19(12-32)24(28)36)33-8-3-4-17(33)13-35/h5-6,10-11,15,17,19,21,35H,3-4,7-9,12-13H2,1-2H3,(H2,28,36)/t15-,17?,19-,21?/m1/s1. The molecule has 0 bridgehead atoms. The Morgan fingerprint density at radius 2 is 2.08 bits per heavy atom. The van der Waals surface area contributed by atoms with Crippen LogP contribution in [0.4, 0.5) is 5.82 Å². The number of benzene rings is 1. The van der Waals surface area contributed by atoms with Gasteiger partial charge in [0.2, 0.25) is 5.91 Å². The van der Waals surface area contributed by atoms with Crippen LogP contribution in [0.3, 0.4) is 0 Å². The number of piperidine rings is 1. The Balaban J connectivity index is 1.45. The van der Waals surface area contributed by atoms with Gasteiger partial charge in [-0.15, -0.1) is 0 Å². The molecule has 4 atom stereocenters. The van der Waals surface area contributed by atoms with E-state index in [4.69, 9.17) is 39.0 Å². The van der Waals surface area contributed by atoms with Gasteiger partial charge in [0.15, 0.2) is 5.65 Å². The molecule has 36 heavy (non-hydrogen) atoms. The van der Waals surface area contributed by atoms with Crippen LogP contribution in [0.5, 0.6) is 0 Å². The number of likely N-dealkylation sites (tertiary alicyclic amines) is 1. The molecule has 2 fully saturated rings. The van der Waals surface area contributed by atoms with Crippen LogP contribution in [0.1, 0.15) is 43.5 Å². The van der Waals surface area contributed by atoms with Crippen molar-refractivity contribution in [2.24, 2.45) is 11.7 Å². The van der Waals surface area contributed by atoms with Crippen molar-refractivity contribution < 1.29 is 9.90 Å².